The zero-order chi connectivity index (χ0) is 18.7. The van der Waals surface area contributed by atoms with E-state index in [4.69, 9.17) is 9.47 Å². The molecule has 26 heavy (non-hydrogen) atoms. The molecule has 1 heterocycles. The van der Waals surface area contributed by atoms with Crippen LogP contribution in [0.5, 0.6) is 11.5 Å². The van der Waals surface area contributed by atoms with E-state index in [0.717, 1.165) is 11.1 Å². The van der Waals surface area contributed by atoms with Crippen LogP contribution in [0.25, 0.3) is 0 Å². The molecule has 0 aliphatic carbocycles. The number of non-ortho nitro benzene ring substituents is 1. The standard InChI is InChI=1S/C18H19N3O5/c1-11-8-14-15(6-7-26-17(14)16(9-11)25-2)20-18(22)19-12-4-3-5-13(10-12)21(23)24/h3-5,8-10,15H,6-7H2,1-2H3,(H2,19,20,22)/t15-/m0/s1. The first-order valence-electron chi connectivity index (χ1n) is 8.11. The highest BCUT2D eigenvalue weighted by atomic mass is 16.6. The monoisotopic (exact) mass is 357 g/mol. The van der Waals surface area contributed by atoms with E-state index in [0.29, 0.717) is 30.2 Å². The fourth-order valence-corrected chi connectivity index (χ4v) is 2.94. The SMILES string of the molecule is COc1cc(C)cc2c1OCC[C@@H]2NC(=O)Nc1cccc([N+](=O)[O-])c1. The number of fused-ring (bicyclic) bond motifs is 1. The van der Waals surface area contributed by atoms with Gasteiger partial charge in [0.1, 0.15) is 0 Å². The van der Waals surface area contributed by atoms with Crippen molar-refractivity contribution in [2.24, 2.45) is 0 Å². The van der Waals surface area contributed by atoms with Gasteiger partial charge in [0.25, 0.3) is 5.69 Å². The first-order valence-corrected chi connectivity index (χ1v) is 8.11. The molecule has 0 saturated heterocycles. The zero-order valence-electron chi connectivity index (χ0n) is 14.4. The second-order valence-electron chi connectivity index (χ2n) is 5.98. The average molecular weight is 357 g/mol. The summed E-state index contributed by atoms with van der Waals surface area (Å²) in [5.41, 5.74) is 2.12. The number of benzene rings is 2. The zero-order valence-corrected chi connectivity index (χ0v) is 14.4. The van der Waals surface area contributed by atoms with Gasteiger partial charge < -0.3 is 20.1 Å². The van der Waals surface area contributed by atoms with Crippen LogP contribution in [0.3, 0.4) is 0 Å². The first-order chi connectivity index (χ1) is 12.5. The quantitative estimate of drug-likeness (QED) is 0.643. The van der Waals surface area contributed by atoms with Gasteiger partial charge in [-0.2, -0.15) is 0 Å². The minimum Gasteiger partial charge on any atom is -0.493 e. The Morgan fingerprint density at radius 1 is 1.35 bits per heavy atom. The van der Waals surface area contributed by atoms with E-state index >= 15 is 0 Å². The minimum atomic E-state index is -0.507. The second kappa shape index (κ2) is 7.30. The van der Waals surface area contributed by atoms with Gasteiger partial charge in [-0.1, -0.05) is 12.1 Å². The number of nitrogens with one attached hydrogen (secondary N) is 2. The summed E-state index contributed by atoms with van der Waals surface area (Å²) in [7, 11) is 1.57. The van der Waals surface area contributed by atoms with Crippen LogP contribution in [0, 0.1) is 17.0 Å². The van der Waals surface area contributed by atoms with Gasteiger partial charge in [0.05, 0.1) is 24.7 Å². The van der Waals surface area contributed by atoms with Gasteiger partial charge in [0.15, 0.2) is 11.5 Å². The normalized spacial score (nSPS) is 15.4. The number of amides is 2. The van der Waals surface area contributed by atoms with Gasteiger partial charge in [0, 0.05) is 29.8 Å². The van der Waals surface area contributed by atoms with Gasteiger partial charge in [-0.25, -0.2) is 4.79 Å². The lowest BCUT2D eigenvalue weighted by Gasteiger charge is -2.28. The molecule has 8 heteroatoms. The molecule has 1 atom stereocenters. The molecule has 0 unspecified atom stereocenters. The molecule has 0 bridgehead atoms. The van der Waals surface area contributed by atoms with Crippen LogP contribution in [0.2, 0.25) is 0 Å². The summed E-state index contributed by atoms with van der Waals surface area (Å²) in [6.45, 7) is 2.39. The topological polar surface area (TPSA) is 103 Å². The van der Waals surface area contributed by atoms with E-state index in [-0.39, 0.29) is 11.7 Å². The molecule has 1 aliphatic heterocycles. The molecular formula is C18H19N3O5. The lowest BCUT2D eigenvalue weighted by molar-refractivity contribution is -0.384. The van der Waals surface area contributed by atoms with Crippen molar-refractivity contribution in [1.82, 2.24) is 5.32 Å². The van der Waals surface area contributed by atoms with Crippen molar-refractivity contribution < 1.29 is 19.2 Å². The predicted molar refractivity (Wildman–Crippen MR) is 95.8 cm³/mol. The third-order valence-electron chi connectivity index (χ3n) is 4.10. The van der Waals surface area contributed by atoms with Gasteiger partial charge in [-0.05, 0) is 24.6 Å². The Hall–Kier alpha value is -3.29. The van der Waals surface area contributed by atoms with E-state index in [9.17, 15) is 14.9 Å². The summed E-state index contributed by atoms with van der Waals surface area (Å²) in [5, 5.41) is 16.4. The van der Waals surface area contributed by atoms with Crippen LogP contribution in [-0.4, -0.2) is 24.7 Å². The molecule has 0 radical (unpaired) electrons. The van der Waals surface area contributed by atoms with Crippen LogP contribution in [0.1, 0.15) is 23.6 Å². The van der Waals surface area contributed by atoms with Crippen LogP contribution >= 0.6 is 0 Å². The fourth-order valence-electron chi connectivity index (χ4n) is 2.94. The highest BCUT2D eigenvalue weighted by molar-refractivity contribution is 5.90. The fraction of sp³-hybridized carbons (Fsp3) is 0.278. The summed E-state index contributed by atoms with van der Waals surface area (Å²) >= 11 is 0. The van der Waals surface area contributed by atoms with Crippen molar-refractivity contribution in [2.75, 3.05) is 19.0 Å². The van der Waals surface area contributed by atoms with E-state index in [1.165, 1.54) is 18.2 Å². The highest BCUT2D eigenvalue weighted by Crippen LogP contribution is 2.40. The van der Waals surface area contributed by atoms with Crippen molar-refractivity contribution in [3.05, 3.63) is 57.6 Å². The molecule has 8 nitrogen and oxygen atoms in total. The molecule has 2 N–H and O–H groups in total. The van der Waals surface area contributed by atoms with Crippen molar-refractivity contribution in [2.45, 2.75) is 19.4 Å². The average Bonchev–Trinajstić information content (AvgIpc) is 2.61. The number of methoxy groups -OCH3 is 1. The van der Waals surface area contributed by atoms with Crippen LogP contribution in [-0.2, 0) is 0 Å². The van der Waals surface area contributed by atoms with Crippen molar-refractivity contribution in [3.8, 4) is 11.5 Å². The Bertz CT molecular complexity index is 853. The van der Waals surface area contributed by atoms with E-state index in [1.54, 1.807) is 13.2 Å². The Morgan fingerprint density at radius 2 is 2.15 bits per heavy atom. The molecule has 2 amide bonds. The van der Waals surface area contributed by atoms with E-state index < -0.39 is 11.0 Å². The third kappa shape index (κ3) is 3.69. The molecule has 0 spiro atoms. The number of hydrogen-bond acceptors (Lipinski definition) is 5. The minimum absolute atomic E-state index is 0.0837. The van der Waals surface area contributed by atoms with Gasteiger partial charge in [-0.3, -0.25) is 10.1 Å². The van der Waals surface area contributed by atoms with Crippen molar-refractivity contribution in [3.63, 3.8) is 0 Å². The lowest BCUT2D eigenvalue weighted by Crippen LogP contribution is -2.35. The number of nitro benzene ring substituents is 1. The highest BCUT2D eigenvalue weighted by Gasteiger charge is 2.26. The number of urea groups is 1. The molecule has 0 fully saturated rings. The van der Waals surface area contributed by atoms with E-state index in [2.05, 4.69) is 10.6 Å². The van der Waals surface area contributed by atoms with Gasteiger partial charge >= 0.3 is 6.03 Å². The van der Waals surface area contributed by atoms with Crippen molar-refractivity contribution >= 4 is 17.4 Å². The maximum Gasteiger partial charge on any atom is 0.319 e. The number of rotatable bonds is 4. The molecular weight excluding hydrogens is 338 g/mol. The predicted octanol–water partition coefficient (Wildman–Crippen LogP) is 3.56. The number of nitro groups is 1. The number of nitrogens with zero attached hydrogens (tertiary/aromatic N) is 1. The molecule has 3 rings (SSSR count). The maximum atomic E-state index is 12.3. The Labute approximate surface area is 150 Å². The number of aryl methyl sites for hydroxylation is 1. The van der Waals surface area contributed by atoms with Crippen LogP contribution in [0.15, 0.2) is 36.4 Å². The number of carbonyl (C=O) groups excluding carboxylic acids is 1. The Kier molecular flexibility index (Phi) is 4.92. The molecule has 136 valence electrons. The largest absolute Gasteiger partial charge is 0.493 e. The summed E-state index contributed by atoms with van der Waals surface area (Å²) in [6, 6.07) is 8.94. The molecule has 0 saturated carbocycles. The Balaban J connectivity index is 1.76. The number of carbonyl (C=O) groups is 1. The first kappa shape index (κ1) is 17.5. The van der Waals surface area contributed by atoms with Gasteiger partial charge in [0.2, 0.25) is 0 Å². The Morgan fingerprint density at radius 3 is 2.88 bits per heavy atom. The molecule has 2 aromatic rings. The van der Waals surface area contributed by atoms with Gasteiger partial charge in [-0.15, -0.1) is 0 Å². The number of ether oxygens (including phenoxy) is 2. The van der Waals surface area contributed by atoms with E-state index in [1.807, 2.05) is 19.1 Å². The summed E-state index contributed by atoms with van der Waals surface area (Å²) in [4.78, 5) is 22.7. The summed E-state index contributed by atoms with van der Waals surface area (Å²) < 4.78 is 11.1. The van der Waals surface area contributed by atoms with Crippen molar-refractivity contribution in [1.29, 1.82) is 0 Å². The molecule has 1 aliphatic rings. The second-order valence-corrected chi connectivity index (χ2v) is 5.98. The molecule has 2 aromatic carbocycles. The maximum absolute atomic E-state index is 12.3. The molecule has 0 aromatic heterocycles. The summed E-state index contributed by atoms with van der Waals surface area (Å²) in [5.74, 6) is 1.26. The van der Waals surface area contributed by atoms with Crippen LogP contribution in [0.4, 0.5) is 16.2 Å². The number of anilines is 1. The third-order valence-corrected chi connectivity index (χ3v) is 4.10. The smallest absolute Gasteiger partial charge is 0.319 e. The lowest BCUT2D eigenvalue weighted by atomic mass is 9.98. The summed E-state index contributed by atoms with van der Waals surface area (Å²) in [6.07, 6.45) is 0.613. The number of hydrogen-bond donors (Lipinski definition) is 2. The van der Waals surface area contributed by atoms with Crippen LogP contribution < -0.4 is 20.1 Å².